The molecule has 3 rings (SSSR count). The van der Waals surface area contributed by atoms with E-state index in [1.807, 2.05) is 80.1 Å². The first kappa shape index (κ1) is 19.9. The van der Waals surface area contributed by atoms with Gasteiger partial charge in [0.15, 0.2) is 11.0 Å². The van der Waals surface area contributed by atoms with Crippen molar-refractivity contribution in [1.29, 1.82) is 0 Å². The highest BCUT2D eigenvalue weighted by Crippen LogP contribution is 2.20. The summed E-state index contributed by atoms with van der Waals surface area (Å²) < 4.78 is 7.69. The van der Waals surface area contributed by atoms with E-state index in [0.717, 1.165) is 16.9 Å². The third-order valence-corrected chi connectivity index (χ3v) is 5.41. The van der Waals surface area contributed by atoms with E-state index in [9.17, 15) is 4.79 Å². The third kappa shape index (κ3) is 5.13. The molecule has 0 saturated heterocycles. The molecule has 1 amide bonds. The van der Waals surface area contributed by atoms with Crippen LogP contribution in [0, 0.1) is 6.92 Å². The number of aryl methyl sites for hydroxylation is 1. The Kier molecular flexibility index (Phi) is 6.71. The lowest BCUT2D eigenvalue weighted by molar-refractivity contribution is -0.119. The maximum absolute atomic E-state index is 12.3. The maximum Gasteiger partial charge on any atom is 0.230 e. The average Bonchev–Trinajstić information content (AvgIpc) is 3.06. The molecule has 0 radical (unpaired) electrons. The number of nitrogens with zero attached hydrogens (tertiary/aromatic N) is 3. The van der Waals surface area contributed by atoms with Crippen molar-refractivity contribution in [2.45, 2.75) is 31.7 Å². The number of nitrogens with one attached hydrogen (secondary N) is 1. The largest absolute Gasteiger partial charge is 0.485 e. The molecular formula is C21H24N4O2S. The van der Waals surface area contributed by atoms with Crippen LogP contribution in [0.25, 0.3) is 0 Å². The Balaban J connectivity index is 1.51. The Morgan fingerprint density at radius 2 is 1.86 bits per heavy atom. The number of thioether (sulfide) groups is 1. The number of carbonyl (C=O) groups excluding carboxylic acids is 1. The highest BCUT2D eigenvalue weighted by atomic mass is 32.2. The van der Waals surface area contributed by atoms with Crippen LogP contribution in [0.3, 0.4) is 0 Å². The molecule has 0 saturated carbocycles. The third-order valence-electron chi connectivity index (χ3n) is 4.38. The quantitative estimate of drug-likeness (QED) is 0.589. The van der Waals surface area contributed by atoms with Crippen molar-refractivity contribution in [3.8, 4) is 5.75 Å². The van der Waals surface area contributed by atoms with Crippen molar-refractivity contribution in [2.75, 3.05) is 5.75 Å². The molecule has 1 aromatic heterocycles. The fraction of sp³-hybridized carbons (Fsp3) is 0.286. The minimum atomic E-state index is -0.0398. The number of ether oxygens (including phenoxy) is 1. The van der Waals surface area contributed by atoms with Crippen LogP contribution in [0.1, 0.15) is 29.9 Å². The van der Waals surface area contributed by atoms with Gasteiger partial charge in [0.05, 0.1) is 11.8 Å². The summed E-state index contributed by atoms with van der Waals surface area (Å²) in [5.41, 5.74) is 2.15. The van der Waals surface area contributed by atoms with Gasteiger partial charge in [0.2, 0.25) is 5.91 Å². The van der Waals surface area contributed by atoms with Gasteiger partial charge >= 0.3 is 0 Å². The van der Waals surface area contributed by atoms with Crippen molar-refractivity contribution in [2.24, 2.45) is 7.05 Å². The van der Waals surface area contributed by atoms with E-state index in [0.29, 0.717) is 17.6 Å². The Morgan fingerprint density at radius 1 is 1.14 bits per heavy atom. The number of hydrogen-bond donors (Lipinski definition) is 1. The zero-order valence-electron chi connectivity index (χ0n) is 16.3. The predicted molar refractivity (Wildman–Crippen MR) is 110 cm³/mol. The number of aromatic nitrogens is 3. The molecule has 0 spiro atoms. The first-order valence-corrected chi connectivity index (χ1v) is 10.1. The van der Waals surface area contributed by atoms with Gasteiger partial charge in [0.1, 0.15) is 12.4 Å². The first-order valence-electron chi connectivity index (χ1n) is 9.08. The SMILES string of the molecule is Cc1ccccc1OCc1nnc(SCC(=O)NC(C)c2ccccc2)n1C. The lowest BCUT2D eigenvalue weighted by atomic mass is 10.1. The Bertz CT molecular complexity index is 927. The van der Waals surface area contributed by atoms with Gasteiger partial charge in [-0.15, -0.1) is 10.2 Å². The summed E-state index contributed by atoms with van der Waals surface area (Å²) in [6.45, 7) is 4.30. The fourth-order valence-corrected chi connectivity index (χ4v) is 3.44. The zero-order chi connectivity index (χ0) is 19.9. The van der Waals surface area contributed by atoms with Crippen molar-refractivity contribution < 1.29 is 9.53 Å². The van der Waals surface area contributed by atoms with Crippen LogP contribution in [0.4, 0.5) is 0 Å². The second-order valence-electron chi connectivity index (χ2n) is 6.50. The molecule has 0 fully saturated rings. The van der Waals surface area contributed by atoms with Crippen LogP contribution in [0.2, 0.25) is 0 Å². The van der Waals surface area contributed by atoms with Crippen molar-refractivity contribution in [3.63, 3.8) is 0 Å². The number of hydrogen-bond acceptors (Lipinski definition) is 5. The summed E-state index contributed by atoms with van der Waals surface area (Å²) in [4.78, 5) is 12.3. The van der Waals surface area contributed by atoms with Gasteiger partial charge in [-0.2, -0.15) is 0 Å². The molecule has 6 nitrogen and oxygen atoms in total. The average molecular weight is 397 g/mol. The van der Waals surface area contributed by atoms with E-state index in [1.54, 1.807) is 0 Å². The molecule has 7 heteroatoms. The number of amides is 1. The van der Waals surface area contributed by atoms with E-state index in [2.05, 4.69) is 15.5 Å². The van der Waals surface area contributed by atoms with Gasteiger partial charge in [-0.1, -0.05) is 60.3 Å². The summed E-state index contributed by atoms with van der Waals surface area (Å²) in [7, 11) is 1.88. The van der Waals surface area contributed by atoms with Crippen LogP contribution in [-0.4, -0.2) is 26.4 Å². The van der Waals surface area contributed by atoms with Gasteiger partial charge < -0.3 is 14.6 Å². The van der Waals surface area contributed by atoms with Crippen molar-refractivity contribution in [3.05, 3.63) is 71.5 Å². The fourth-order valence-electron chi connectivity index (χ4n) is 2.70. The van der Waals surface area contributed by atoms with E-state index in [4.69, 9.17) is 4.74 Å². The molecule has 3 aromatic rings. The minimum absolute atomic E-state index is 0.0353. The summed E-state index contributed by atoms with van der Waals surface area (Å²) >= 11 is 1.36. The number of rotatable bonds is 8. The lowest BCUT2D eigenvalue weighted by Crippen LogP contribution is -2.28. The topological polar surface area (TPSA) is 69.0 Å². The van der Waals surface area contributed by atoms with E-state index in [-0.39, 0.29) is 17.7 Å². The molecule has 0 aliphatic rings. The summed E-state index contributed by atoms with van der Waals surface area (Å²) in [6.07, 6.45) is 0. The first-order chi connectivity index (χ1) is 13.5. The van der Waals surface area contributed by atoms with Crippen LogP contribution < -0.4 is 10.1 Å². The minimum Gasteiger partial charge on any atom is -0.485 e. The van der Waals surface area contributed by atoms with Crippen LogP contribution >= 0.6 is 11.8 Å². The molecule has 0 aliphatic carbocycles. The highest BCUT2D eigenvalue weighted by molar-refractivity contribution is 7.99. The second kappa shape index (κ2) is 9.41. The molecule has 1 heterocycles. The monoisotopic (exact) mass is 396 g/mol. The molecule has 28 heavy (non-hydrogen) atoms. The molecule has 0 bridgehead atoms. The van der Waals surface area contributed by atoms with Gasteiger partial charge in [-0.3, -0.25) is 4.79 Å². The molecule has 2 aromatic carbocycles. The number of benzene rings is 2. The molecule has 146 valence electrons. The standard InChI is InChI=1S/C21H24N4O2S/c1-15-9-7-8-12-18(15)27-13-19-23-24-21(25(19)3)28-14-20(26)22-16(2)17-10-5-4-6-11-17/h4-12,16H,13-14H2,1-3H3,(H,22,26). The summed E-state index contributed by atoms with van der Waals surface area (Å²) in [6, 6.07) is 17.7. The Hall–Kier alpha value is -2.80. The second-order valence-corrected chi connectivity index (χ2v) is 7.44. The van der Waals surface area contributed by atoms with Gasteiger partial charge in [0.25, 0.3) is 0 Å². The van der Waals surface area contributed by atoms with E-state index >= 15 is 0 Å². The lowest BCUT2D eigenvalue weighted by Gasteiger charge is -2.14. The predicted octanol–water partition coefficient (Wildman–Crippen LogP) is 3.67. The van der Waals surface area contributed by atoms with E-state index < -0.39 is 0 Å². The number of para-hydroxylation sites is 1. The molecule has 1 unspecified atom stereocenters. The summed E-state index contributed by atoms with van der Waals surface area (Å²) in [5.74, 6) is 1.78. The molecular weight excluding hydrogens is 372 g/mol. The highest BCUT2D eigenvalue weighted by Gasteiger charge is 2.14. The summed E-state index contributed by atoms with van der Waals surface area (Å²) in [5, 5.41) is 12.0. The maximum atomic E-state index is 12.3. The van der Waals surface area contributed by atoms with Gasteiger partial charge in [-0.05, 0) is 31.0 Å². The number of carbonyl (C=O) groups is 1. The van der Waals surface area contributed by atoms with Crippen molar-refractivity contribution >= 4 is 17.7 Å². The Morgan fingerprint density at radius 3 is 2.61 bits per heavy atom. The van der Waals surface area contributed by atoms with Gasteiger partial charge in [0, 0.05) is 7.05 Å². The Labute approximate surface area is 169 Å². The van der Waals surface area contributed by atoms with Crippen molar-refractivity contribution in [1.82, 2.24) is 20.1 Å². The zero-order valence-corrected chi connectivity index (χ0v) is 17.1. The van der Waals surface area contributed by atoms with Gasteiger partial charge in [-0.25, -0.2) is 0 Å². The van der Waals surface area contributed by atoms with Crippen LogP contribution in [0.15, 0.2) is 59.8 Å². The van der Waals surface area contributed by atoms with Crippen LogP contribution in [-0.2, 0) is 18.4 Å². The molecule has 1 N–H and O–H groups in total. The smallest absolute Gasteiger partial charge is 0.230 e. The van der Waals surface area contributed by atoms with E-state index in [1.165, 1.54) is 11.8 Å². The molecule has 1 atom stereocenters. The van der Waals surface area contributed by atoms with Crippen LogP contribution in [0.5, 0.6) is 5.75 Å². The molecule has 0 aliphatic heterocycles. The normalized spacial score (nSPS) is 11.8.